The first-order valence-electron chi connectivity index (χ1n) is 7.52. The summed E-state index contributed by atoms with van der Waals surface area (Å²) in [5.41, 5.74) is 8.05. The zero-order valence-electron chi connectivity index (χ0n) is 11.4. The highest BCUT2D eigenvalue weighted by Gasteiger charge is 2.33. The predicted octanol–water partition coefficient (Wildman–Crippen LogP) is 4.08. The molecule has 2 unspecified atom stereocenters. The zero-order chi connectivity index (χ0) is 13.2. The molecule has 1 saturated carbocycles. The third kappa shape index (κ3) is 2.75. The Morgan fingerprint density at radius 2 is 1.95 bits per heavy atom. The fourth-order valence-electron chi connectivity index (χ4n) is 3.87. The van der Waals surface area contributed by atoms with Crippen molar-refractivity contribution in [3.8, 4) is 0 Å². The lowest BCUT2D eigenvalue weighted by molar-refractivity contribution is 0.0549. The van der Waals surface area contributed by atoms with Crippen LogP contribution in [0, 0.1) is 5.92 Å². The summed E-state index contributed by atoms with van der Waals surface area (Å²) < 4.78 is 0. The van der Waals surface area contributed by atoms with E-state index in [1.165, 1.54) is 45.1 Å². The van der Waals surface area contributed by atoms with Crippen molar-refractivity contribution in [2.45, 2.75) is 51.1 Å². The van der Waals surface area contributed by atoms with Crippen LogP contribution in [0.3, 0.4) is 0 Å². The highest BCUT2D eigenvalue weighted by atomic mass is 35.5. The van der Waals surface area contributed by atoms with E-state index in [1.54, 1.807) is 0 Å². The molecule has 2 aliphatic rings. The van der Waals surface area contributed by atoms with E-state index in [-0.39, 0.29) is 0 Å². The van der Waals surface area contributed by atoms with E-state index < -0.39 is 0 Å². The summed E-state index contributed by atoms with van der Waals surface area (Å²) >= 11 is 6.32. The van der Waals surface area contributed by atoms with Gasteiger partial charge in [-0.25, -0.2) is 0 Å². The van der Waals surface area contributed by atoms with Gasteiger partial charge in [-0.3, -0.25) is 4.90 Å². The SMILES string of the molecule is Nc1cccc(Cl)c1CN1CCCC2CCCCC21. The Balaban J connectivity index is 1.78. The van der Waals surface area contributed by atoms with Gasteiger partial charge in [-0.2, -0.15) is 0 Å². The molecule has 2 atom stereocenters. The largest absolute Gasteiger partial charge is 0.398 e. The zero-order valence-corrected chi connectivity index (χ0v) is 12.2. The van der Waals surface area contributed by atoms with Crippen molar-refractivity contribution < 1.29 is 0 Å². The van der Waals surface area contributed by atoms with E-state index in [9.17, 15) is 0 Å². The van der Waals surface area contributed by atoms with Crippen molar-refractivity contribution >= 4 is 17.3 Å². The van der Waals surface area contributed by atoms with Gasteiger partial charge in [-0.1, -0.05) is 30.5 Å². The van der Waals surface area contributed by atoms with Crippen LogP contribution in [0.15, 0.2) is 18.2 Å². The standard InChI is InChI=1S/C16H23ClN2/c17-14-7-3-8-15(18)13(14)11-19-10-4-6-12-5-1-2-9-16(12)19/h3,7-8,12,16H,1-2,4-6,9-11,18H2. The van der Waals surface area contributed by atoms with E-state index in [0.717, 1.165) is 34.8 Å². The smallest absolute Gasteiger partial charge is 0.0471 e. The first-order chi connectivity index (χ1) is 9.25. The molecule has 1 aliphatic carbocycles. The van der Waals surface area contributed by atoms with Crippen molar-refractivity contribution in [2.75, 3.05) is 12.3 Å². The number of piperidine rings is 1. The second-order valence-corrected chi connectivity index (χ2v) is 6.44. The molecule has 0 amide bonds. The summed E-state index contributed by atoms with van der Waals surface area (Å²) in [4.78, 5) is 2.63. The van der Waals surface area contributed by atoms with Crippen molar-refractivity contribution in [2.24, 2.45) is 5.92 Å². The molecule has 19 heavy (non-hydrogen) atoms. The van der Waals surface area contributed by atoms with Crippen LogP contribution in [0.4, 0.5) is 5.69 Å². The molecule has 3 rings (SSSR count). The van der Waals surface area contributed by atoms with Crippen LogP contribution in [0.2, 0.25) is 5.02 Å². The molecular formula is C16H23ClN2. The summed E-state index contributed by atoms with van der Waals surface area (Å²) in [6.07, 6.45) is 8.32. The number of hydrogen-bond donors (Lipinski definition) is 1. The van der Waals surface area contributed by atoms with Gasteiger partial charge in [0.05, 0.1) is 0 Å². The van der Waals surface area contributed by atoms with Gasteiger partial charge in [0.2, 0.25) is 0 Å². The van der Waals surface area contributed by atoms with Crippen LogP contribution in [0.1, 0.15) is 44.1 Å². The first kappa shape index (κ1) is 13.3. The lowest BCUT2D eigenvalue weighted by atomic mass is 9.78. The van der Waals surface area contributed by atoms with E-state index in [2.05, 4.69) is 4.90 Å². The summed E-state index contributed by atoms with van der Waals surface area (Å²) in [6, 6.07) is 6.61. The number of halogens is 1. The Kier molecular flexibility index (Phi) is 3.99. The minimum Gasteiger partial charge on any atom is -0.398 e. The topological polar surface area (TPSA) is 29.3 Å². The summed E-state index contributed by atoms with van der Waals surface area (Å²) in [5.74, 6) is 0.909. The molecule has 0 bridgehead atoms. The molecule has 0 spiro atoms. The number of hydrogen-bond acceptors (Lipinski definition) is 2. The number of nitrogens with zero attached hydrogens (tertiary/aromatic N) is 1. The highest BCUT2D eigenvalue weighted by Crippen LogP contribution is 2.37. The van der Waals surface area contributed by atoms with Gasteiger partial charge in [0.15, 0.2) is 0 Å². The molecule has 0 aromatic heterocycles. The van der Waals surface area contributed by atoms with E-state index in [4.69, 9.17) is 17.3 Å². The summed E-state index contributed by atoms with van der Waals surface area (Å²) in [6.45, 7) is 2.12. The Bertz CT molecular complexity index is 424. The predicted molar refractivity (Wildman–Crippen MR) is 81.3 cm³/mol. The maximum absolute atomic E-state index is 6.32. The molecule has 1 aliphatic heterocycles. The number of benzene rings is 1. The molecule has 1 saturated heterocycles. The maximum atomic E-state index is 6.32. The van der Waals surface area contributed by atoms with Crippen molar-refractivity contribution in [3.63, 3.8) is 0 Å². The van der Waals surface area contributed by atoms with E-state index in [0.29, 0.717) is 0 Å². The maximum Gasteiger partial charge on any atom is 0.0471 e. The number of likely N-dealkylation sites (tertiary alicyclic amines) is 1. The van der Waals surface area contributed by atoms with Crippen LogP contribution in [-0.2, 0) is 6.54 Å². The molecule has 2 nitrogen and oxygen atoms in total. The molecular weight excluding hydrogens is 256 g/mol. The second-order valence-electron chi connectivity index (χ2n) is 6.03. The highest BCUT2D eigenvalue weighted by molar-refractivity contribution is 6.31. The molecule has 2 fully saturated rings. The number of fused-ring (bicyclic) bond motifs is 1. The molecule has 0 radical (unpaired) electrons. The third-order valence-electron chi connectivity index (χ3n) is 4.87. The molecule has 3 heteroatoms. The molecule has 1 aromatic carbocycles. The van der Waals surface area contributed by atoms with Crippen LogP contribution in [0.25, 0.3) is 0 Å². The molecule has 1 heterocycles. The lowest BCUT2D eigenvalue weighted by Gasteiger charge is -2.44. The average Bonchev–Trinajstić information content (AvgIpc) is 2.43. The quantitative estimate of drug-likeness (QED) is 0.826. The Morgan fingerprint density at radius 3 is 2.79 bits per heavy atom. The minimum atomic E-state index is 0.762. The number of nitrogen functional groups attached to an aromatic ring is 1. The lowest BCUT2D eigenvalue weighted by Crippen LogP contribution is -2.46. The summed E-state index contributed by atoms with van der Waals surface area (Å²) in [7, 11) is 0. The van der Waals surface area contributed by atoms with Crippen molar-refractivity contribution in [3.05, 3.63) is 28.8 Å². The number of nitrogens with two attached hydrogens (primary N) is 1. The Labute approximate surface area is 120 Å². The van der Waals surface area contributed by atoms with Crippen molar-refractivity contribution in [1.29, 1.82) is 0 Å². The van der Waals surface area contributed by atoms with Crippen LogP contribution in [0.5, 0.6) is 0 Å². The Hall–Kier alpha value is -0.730. The minimum absolute atomic E-state index is 0.762. The normalized spacial score (nSPS) is 28.1. The van der Waals surface area contributed by atoms with Crippen LogP contribution >= 0.6 is 11.6 Å². The van der Waals surface area contributed by atoms with E-state index in [1.807, 2.05) is 18.2 Å². The average molecular weight is 279 g/mol. The fraction of sp³-hybridized carbons (Fsp3) is 0.625. The molecule has 1 aromatic rings. The second kappa shape index (κ2) is 5.72. The first-order valence-corrected chi connectivity index (χ1v) is 7.90. The number of rotatable bonds is 2. The van der Waals surface area contributed by atoms with Crippen molar-refractivity contribution in [1.82, 2.24) is 4.90 Å². The van der Waals surface area contributed by atoms with Gasteiger partial charge in [-0.05, 0) is 50.3 Å². The fourth-order valence-corrected chi connectivity index (χ4v) is 4.11. The number of anilines is 1. The van der Waals surface area contributed by atoms with Crippen LogP contribution < -0.4 is 5.73 Å². The van der Waals surface area contributed by atoms with E-state index >= 15 is 0 Å². The monoisotopic (exact) mass is 278 g/mol. The van der Waals surface area contributed by atoms with Gasteiger partial charge >= 0.3 is 0 Å². The summed E-state index contributed by atoms with van der Waals surface area (Å²) in [5, 5.41) is 0.818. The molecule has 2 N–H and O–H groups in total. The Morgan fingerprint density at radius 1 is 1.16 bits per heavy atom. The molecule has 104 valence electrons. The van der Waals surface area contributed by atoms with Gasteiger partial charge in [0.25, 0.3) is 0 Å². The third-order valence-corrected chi connectivity index (χ3v) is 5.23. The van der Waals surface area contributed by atoms with Gasteiger partial charge in [0.1, 0.15) is 0 Å². The van der Waals surface area contributed by atoms with Crippen LogP contribution in [-0.4, -0.2) is 17.5 Å². The van der Waals surface area contributed by atoms with Gasteiger partial charge in [-0.15, -0.1) is 0 Å². The van der Waals surface area contributed by atoms with Gasteiger partial charge < -0.3 is 5.73 Å². The van der Waals surface area contributed by atoms with Gasteiger partial charge in [0, 0.05) is 28.9 Å².